The molecule has 1 N–H and O–H groups in total. The summed E-state index contributed by atoms with van der Waals surface area (Å²) in [6.45, 7) is 3.42. The SMILES string of the molecule is CNC(=O)c1ccc(Cl)c(Cl)c1C1CCC2(CC1N1CCCC1)OCCO2. The molecule has 2 heterocycles. The number of benzene rings is 1. The zero-order valence-electron chi connectivity index (χ0n) is 15.6. The summed E-state index contributed by atoms with van der Waals surface area (Å²) in [4.78, 5) is 15.1. The van der Waals surface area contributed by atoms with Gasteiger partial charge in [-0.05, 0) is 50.0 Å². The van der Waals surface area contributed by atoms with Crippen molar-refractivity contribution in [3.63, 3.8) is 0 Å². The fraction of sp³-hybridized carbons (Fsp3) is 0.650. The van der Waals surface area contributed by atoms with Crippen LogP contribution in [-0.2, 0) is 9.47 Å². The van der Waals surface area contributed by atoms with Crippen LogP contribution < -0.4 is 5.32 Å². The van der Waals surface area contributed by atoms with Gasteiger partial charge in [0.05, 0.1) is 23.3 Å². The van der Waals surface area contributed by atoms with E-state index in [0.717, 1.165) is 37.9 Å². The van der Waals surface area contributed by atoms with E-state index in [-0.39, 0.29) is 17.9 Å². The van der Waals surface area contributed by atoms with Crippen LogP contribution in [0, 0.1) is 0 Å². The highest BCUT2D eigenvalue weighted by atomic mass is 35.5. The molecule has 0 bridgehead atoms. The summed E-state index contributed by atoms with van der Waals surface area (Å²) in [5.41, 5.74) is 1.48. The van der Waals surface area contributed by atoms with Crippen LogP contribution in [0.4, 0.5) is 0 Å². The minimum Gasteiger partial charge on any atom is -0.355 e. The Morgan fingerprint density at radius 3 is 2.59 bits per heavy atom. The average molecular weight is 413 g/mol. The monoisotopic (exact) mass is 412 g/mol. The third-order valence-electron chi connectivity index (χ3n) is 6.22. The number of nitrogens with zero attached hydrogens (tertiary/aromatic N) is 1. The van der Waals surface area contributed by atoms with Crippen molar-refractivity contribution < 1.29 is 14.3 Å². The maximum absolute atomic E-state index is 12.5. The third kappa shape index (κ3) is 3.60. The summed E-state index contributed by atoms with van der Waals surface area (Å²) >= 11 is 13.0. The van der Waals surface area contributed by atoms with Gasteiger partial charge in [-0.15, -0.1) is 0 Å². The zero-order chi connectivity index (χ0) is 19.0. The second-order valence-corrected chi connectivity index (χ2v) is 8.45. The first-order chi connectivity index (χ1) is 13.0. The van der Waals surface area contributed by atoms with Crippen molar-refractivity contribution >= 4 is 29.1 Å². The van der Waals surface area contributed by atoms with Crippen molar-refractivity contribution in [2.75, 3.05) is 33.4 Å². The Kier molecular flexibility index (Phi) is 5.68. The van der Waals surface area contributed by atoms with Gasteiger partial charge in [-0.25, -0.2) is 0 Å². The molecule has 0 aromatic heterocycles. The highest BCUT2D eigenvalue weighted by molar-refractivity contribution is 6.42. The largest absolute Gasteiger partial charge is 0.355 e. The third-order valence-corrected chi connectivity index (χ3v) is 7.04. The fourth-order valence-corrected chi connectivity index (χ4v) is 5.41. The Bertz CT molecular complexity index is 715. The van der Waals surface area contributed by atoms with E-state index < -0.39 is 5.79 Å². The lowest BCUT2D eigenvalue weighted by Gasteiger charge is -2.45. The molecule has 3 aliphatic rings. The minimum absolute atomic E-state index is 0.125. The summed E-state index contributed by atoms with van der Waals surface area (Å²) in [5, 5.41) is 3.73. The van der Waals surface area contributed by atoms with Crippen molar-refractivity contribution in [3.8, 4) is 0 Å². The Hall–Kier alpha value is -0.850. The Balaban J connectivity index is 1.75. The summed E-state index contributed by atoms with van der Waals surface area (Å²) in [7, 11) is 1.64. The average Bonchev–Trinajstić information content (AvgIpc) is 3.36. The van der Waals surface area contributed by atoms with E-state index in [0.29, 0.717) is 28.8 Å². The molecule has 2 aliphatic heterocycles. The Labute approximate surface area is 170 Å². The molecule has 1 amide bonds. The van der Waals surface area contributed by atoms with E-state index in [1.54, 1.807) is 19.2 Å². The highest BCUT2D eigenvalue weighted by Gasteiger charge is 2.48. The number of hydrogen-bond donors (Lipinski definition) is 1. The number of rotatable bonds is 3. The molecule has 1 saturated carbocycles. The van der Waals surface area contributed by atoms with E-state index in [1.165, 1.54) is 12.8 Å². The summed E-state index contributed by atoms with van der Waals surface area (Å²) in [6.07, 6.45) is 4.85. The van der Waals surface area contributed by atoms with Crippen LogP contribution in [0.1, 0.15) is 53.9 Å². The van der Waals surface area contributed by atoms with Gasteiger partial charge in [-0.2, -0.15) is 0 Å². The van der Waals surface area contributed by atoms with Crippen LogP contribution in [0.2, 0.25) is 10.0 Å². The van der Waals surface area contributed by atoms with Crippen LogP contribution >= 0.6 is 23.2 Å². The lowest BCUT2D eigenvalue weighted by atomic mass is 9.75. The first kappa shape index (κ1) is 19.5. The fourth-order valence-electron chi connectivity index (χ4n) is 4.95. The van der Waals surface area contributed by atoms with Crippen LogP contribution in [0.15, 0.2) is 12.1 Å². The van der Waals surface area contributed by atoms with Gasteiger partial charge >= 0.3 is 0 Å². The predicted octanol–water partition coefficient (Wildman–Crippen LogP) is 3.83. The second kappa shape index (κ2) is 7.88. The topological polar surface area (TPSA) is 50.8 Å². The van der Waals surface area contributed by atoms with Gasteiger partial charge in [0, 0.05) is 37.4 Å². The first-order valence-electron chi connectivity index (χ1n) is 9.76. The number of halogens is 2. The summed E-state index contributed by atoms with van der Waals surface area (Å²) < 4.78 is 12.0. The summed E-state index contributed by atoms with van der Waals surface area (Å²) in [5.74, 6) is -0.487. The highest BCUT2D eigenvalue weighted by Crippen LogP contribution is 2.48. The number of hydrogen-bond acceptors (Lipinski definition) is 4. The molecular formula is C20H26Cl2N2O3. The van der Waals surface area contributed by atoms with E-state index in [2.05, 4.69) is 10.2 Å². The lowest BCUT2D eigenvalue weighted by molar-refractivity contribution is -0.191. The normalized spacial score (nSPS) is 28.0. The Morgan fingerprint density at radius 1 is 1.22 bits per heavy atom. The molecule has 1 aromatic carbocycles. The molecule has 2 unspecified atom stereocenters. The maximum atomic E-state index is 12.5. The van der Waals surface area contributed by atoms with E-state index in [1.807, 2.05) is 0 Å². The molecule has 1 spiro atoms. The van der Waals surface area contributed by atoms with Crippen LogP contribution in [-0.4, -0.2) is 56.0 Å². The molecule has 148 valence electrons. The van der Waals surface area contributed by atoms with E-state index in [9.17, 15) is 4.79 Å². The molecule has 27 heavy (non-hydrogen) atoms. The van der Waals surface area contributed by atoms with Crippen LogP contribution in [0.25, 0.3) is 0 Å². The Morgan fingerprint density at radius 2 is 1.93 bits per heavy atom. The number of nitrogens with one attached hydrogen (secondary N) is 1. The second-order valence-electron chi connectivity index (χ2n) is 7.67. The van der Waals surface area contributed by atoms with E-state index >= 15 is 0 Å². The predicted molar refractivity (Wildman–Crippen MR) is 106 cm³/mol. The number of carbonyl (C=O) groups is 1. The zero-order valence-corrected chi connectivity index (χ0v) is 17.1. The van der Waals surface area contributed by atoms with Crippen molar-refractivity contribution in [3.05, 3.63) is 33.3 Å². The van der Waals surface area contributed by atoms with Crippen molar-refractivity contribution in [1.29, 1.82) is 0 Å². The molecule has 3 fully saturated rings. The first-order valence-corrected chi connectivity index (χ1v) is 10.5. The van der Waals surface area contributed by atoms with Gasteiger partial charge in [0.1, 0.15) is 0 Å². The molecule has 4 rings (SSSR count). The van der Waals surface area contributed by atoms with Gasteiger partial charge in [0.25, 0.3) is 5.91 Å². The number of ether oxygens (including phenoxy) is 2. The molecule has 0 radical (unpaired) electrons. The number of carbonyl (C=O) groups excluding carboxylic acids is 1. The summed E-state index contributed by atoms with van der Waals surface area (Å²) in [6, 6.07) is 3.71. The molecule has 2 atom stereocenters. The molecule has 1 aliphatic carbocycles. The van der Waals surface area contributed by atoms with Gasteiger partial charge in [0.2, 0.25) is 0 Å². The van der Waals surface area contributed by atoms with Crippen LogP contribution in [0.3, 0.4) is 0 Å². The molecule has 5 nitrogen and oxygen atoms in total. The van der Waals surface area contributed by atoms with Gasteiger partial charge < -0.3 is 14.8 Å². The van der Waals surface area contributed by atoms with Gasteiger partial charge in [0.15, 0.2) is 5.79 Å². The smallest absolute Gasteiger partial charge is 0.251 e. The maximum Gasteiger partial charge on any atom is 0.251 e. The van der Waals surface area contributed by atoms with E-state index in [4.69, 9.17) is 32.7 Å². The van der Waals surface area contributed by atoms with Gasteiger partial charge in [-0.1, -0.05) is 23.2 Å². The number of amides is 1. The molecule has 7 heteroatoms. The van der Waals surface area contributed by atoms with Crippen molar-refractivity contribution in [2.24, 2.45) is 0 Å². The van der Waals surface area contributed by atoms with Crippen molar-refractivity contribution in [1.82, 2.24) is 10.2 Å². The lowest BCUT2D eigenvalue weighted by Crippen LogP contribution is -2.49. The number of likely N-dealkylation sites (tertiary alicyclic amines) is 1. The molecule has 1 aromatic rings. The molecule has 2 saturated heterocycles. The van der Waals surface area contributed by atoms with Crippen LogP contribution in [0.5, 0.6) is 0 Å². The molecular weight excluding hydrogens is 387 g/mol. The van der Waals surface area contributed by atoms with Crippen molar-refractivity contribution in [2.45, 2.75) is 49.9 Å². The quantitative estimate of drug-likeness (QED) is 0.819. The van der Waals surface area contributed by atoms with Gasteiger partial charge in [-0.3, -0.25) is 9.69 Å². The minimum atomic E-state index is -0.484. The standard InChI is InChI=1S/C20H26Cl2N2O3/c1-23-19(25)14-4-5-15(21)18(22)17(14)13-6-7-20(26-10-11-27-20)12-16(13)24-8-2-3-9-24/h4-5,13,16H,2-3,6-12H2,1H3,(H,23,25).